The molecule has 1 aromatic carbocycles. The van der Waals surface area contributed by atoms with E-state index in [0.29, 0.717) is 5.15 Å². The van der Waals surface area contributed by atoms with Crippen molar-refractivity contribution < 1.29 is 4.39 Å². The summed E-state index contributed by atoms with van der Waals surface area (Å²) in [5, 5.41) is 4.67. The topological polar surface area (TPSA) is 30.7 Å². The zero-order valence-electron chi connectivity index (χ0n) is 9.79. The molecule has 2 heterocycles. The van der Waals surface area contributed by atoms with Crippen molar-refractivity contribution in [3.8, 4) is 16.9 Å². The molecule has 5 heteroatoms. The Morgan fingerprint density at radius 1 is 1.00 bits per heavy atom. The average molecular weight is 274 g/mol. The van der Waals surface area contributed by atoms with Crippen LogP contribution in [-0.4, -0.2) is 14.8 Å². The Kier molecular flexibility index (Phi) is 3.01. The van der Waals surface area contributed by atoms with Crippen LogP contribution in [0.15, 0.2) is 54.9 Å². The van der Waals surface area contributed by atoms with E-state index >= 15 is 0 Å². The SMILES string of the molecule is Fc1ccc(-n2nccc2-c2ccnc(Cl)c2)cc1. The van der Waals surface area contributed by atoms with E-state index in [1.807, 2.05) is 12.1 Å². The van der Waals surface area contributed by atoms with Crippen molar-refractivity contribution in [1.29, 1.82) is 0 Å². The van der Waals surface area contributed by atoms with Crippen LogP contribution in [0.4, 0.5) is 4.39 Å². The molecule has 0 N–H and O–H groups in total. The molecule has 3 nitrogen and oxygen atoms in total. The van der Waals surface area contributed by atoms with Crippen molar-refractivity contribution in [2.75, 3.05) is 0 Å². The highest BCUT2D eigenvalue weighted by Gasteiger charge is 2.08. The third kappa shape index (κ3) is 2.35. The molecule has 0 saturated carbocycles. The number of aromatic nitrogens is 3. The van der Waals surface area contributed by atoms with Gasteiger partial charge in [-0.05, 0) is 42.5 Å². The maximum absolute atomic E-state index is 12.9. The maximum atomic E-state index is 12.9. The van der Waals surface area contributed by atoms with Crippen molar-refractivity contribution in [3.05, 3.63) is 65.8 Å². The van der Waals surface area contributed by atoms with Gasteiger partial charge in [-0.25, -0.2) is 14.1 Å². The Morgan fingerprint density at radius 2 is 1.79 bits per heavy atom. The Bertz CT molecular complexity index is 707. The number of hydrogen-bond donors (Lipinski definition) is 0. The number of hydrogen-bond acceptors (Lipinski definition) is 2. The van der Waals surface area contributed by atoms with E-state index in [2.05, 4.69) is 10.1 Å². The van der Waals surface area contributed by atoms with Gasteiger partial charge in [0.15, 0.2) is 0 Å². The van der Waals surface area contributed by atoms with Gasteiger partial charge in [-0.15, -0.1) is 0 Å². The third-order valence-corrected chi connectivity index (χ3v) is 2.94. The quantitative estimate of drug-likeness (QED) is 0.666. The maximum Gasteiger partial charge on any atom is 0.129 e. The fraction of sp³-hybridized carbons (Fsp3) is 0. The summed E-state index contributed by atoms with van der Waals surface area (Å²) < 4.78 is 14.7. The minimum Gasteiger partial charge on any atom is -0.245 e. The van der Waals surface area contributed by atoms with Crippen LogP contribution in [0, 0.1) is 5.82 Å². The molecule has 2 aromatic heterocycles. The van der Waals surface area contributed by atoms with E-state index in [4.69, 9.17) is 11.6 Å². The minimum atomic E-state index is -0.274. The van der Waals surface area contributed by atoms with Gasteiger partial charge in [0.1, 0.15) is 11.0 Å². The molecule has 0 fully saturated rings. The van der Waals surface area contributed by atoms with Crippen LogP contribution >= 0.6 is 11.6 Å². The zero-order valence-corrected chi connectivity index (χ0v) is 10.5. The fourth-order valence-corrected chi connectivity index (χ4v) is 2.05. The molecule has 0 aliphatic heterocycles. The van der Waals surface area contributed by atoms with Gasteiger partial charge in [0.25, 0.3) is 0 Å². The summed E-state index contributed by atoms with van der Waals surface area (Å²) in [6.07, 6.45) is 3.33. The van der Waals surface area contributed by atoms with Gasteiger partial charge >= 0.3 is 0 Å². The van der Waals surface area contributed by atoms with Crippen molar-refractivity contribution in [1.82, 2.24) is 14.8 Å². The summed E-state index contributed by atoms with van der Waals surface area (Å²) >= 11 is 5.89. The summed E-state index contributed by atoms with van der Waals surface area (Å²) in [5.41, 5.74) is 2.56. The van der Waals surface area contributed by atoms with Gasteiger partial charge < -0.3 is 0 Å². The van der Waals surface area contributed by atoms with Crippen molar-refractivity contribution in [2.24, 2.45) is 0 Å². The molecule has 0 spiro atoms. The fourth-order valence-electron chi connectivity index (χ4n) is 1.87. The summed E-state index contributed by atoms with van der Waals surface area (Å²) in [4.78, 5) is 3.95. The summed E-state index contributed by atoms with van der Waals surface area (Å²) in [5.74, 6) is -0.274. The monoisotopic (exact) mass is 273 g/mol. The van der Waals surface area contributed by atoms with Crippen LogP contribution in [0.25, 0.3) is 16.9 Å². The molecular weight excluding hydrogens is 265 g/mol. The average Bonchev–Trinajstić information content (AvgIpc) is 2.89. The molecule has 19 heavy (non-hydrogen) atoms. The molecular formula is C14H9ClFN3. The first-order chi connectivity index (χ1) is 9.24. The first-order valence-electron chi connectivity index (χ1n) is 5.66. The minimum absolute atomic E-state index is 0.274. The summed E-state index contributed by atoms with van der Waals surface area (Å²) in [7, 11) is 0. The van der Waals surface area contributed by atoms with E-state index in [0.717, 1.165) is 16.9 Å². The van der Waals surface area contributed by atoms with Crippen LogP contribution < -0.4 is 0 Å². The van der Waals surface area contributed by atoms with E-state index < -0.39 is 0 Å². The Labute approximate surface area is 114 Å². The Balaban J connectivity index is 2.10. The predicted molar refractivity (Wildman–Crippen MR) is 71.8 cm³/mol. The second kappa shape index (κ2) is 4.82. The number of nitrogens with zero attached hydrogens (tertiary/aromatic N) is 3. The molecule has 0 bridgehead atoms. The molecule has 3 aromatic rings. The van der Waals surface area contributed by atoms with Gasteiger partial charge in [-0.2, -0.15) is 5.10 Å². The van der Waals surface area contributed by atoms with Gasteiger partial charge in [-0.1, -0.05) is 11.6 Å². The molecule has 0 radical (unpaired) electrons. The predicted octanol–water partition coefficient (Wildman–Crippen LogP) is 3.73. The van der Waals surface area contributed by atoms with Crippen molar-refractivity contribution >= 4 is 11.6 Å². The van der Waals surface area contributed by atoms with Gasteiger partial charge in [-0.3, -0.25) is 0 Å². The standard InChI is InChI=1S/C14H9ClFN3/c15-14-9-10(5-7-17-14)13-6-8-18-19(13)12-3-1-11(16)2-4-12/h1-9H. The number of halogens is 2. The van der Waals surface area contributed by atoms with E-state index in [1.165, 1.54) is 12.1 Å². The normalized spacial score (nSPS) is 10.6. The highest BCUT2D eigenvalue weighted by atomic mass is 35.5. The van der Waals surface area contributed by atoms with Crippen molar-refractivity contribution in [3.63, 3.8) is 0 Å². The van der Waals surface area contributed by atoms with Crippen LogP contribution in [0.3, 0.4) is 0 Å². The largest absolute Gasteiger partial charge is 0.245 e. The molecule has 0 aliphatic carbocycles. The van der Waals surface area contributed by atoms with Gasteiger partial charge in [0.2, 0.25) is 0 Å². The van der Waals surface area contributed by atoms with E-state index in [-0.39, 0.29) is 5.82 Å². The lowest BCUT2D eigenvalue weighted by atomic mass is 10.2. The van der Waals surface area contributed by atoms with Crippen molar-refractivity contribution in [2.45, 2.75) is 0 Å². The Hall–Kier alpha value is -2.20. The third-order valence-electron chi connectivity index (χ3n) is 2.74. The van der Waals surface area contributed by atoms with Crippen LogP contribution in [0.5, 0.6) is 0 Å². The second-order valence-corrected chi connectivity index (χ2v) is 4.36. The number of rotatable bonds is 2. The van der Waals surface area contributed by atoms with E-state index in [1.54, 1.807) is 35.3 Å². The smallest absolute Gasteiger partial charge is 0.129 e. The van der Waals surface area contributed by atoms with Gasteiger partial charge in [0.05, 0.1) is 17.6 Å². The zero-order chi connectivity index (χ0) is 13.2. The highest BCUT2D eigenvalue weighted by Crippen LogP contribution is 2.23. The number of pyridine rings is 1. The van der Waals surface area contributed by atoms with Crippen LogP contribution in [0.1, 0.15) is 0 Å². The first kappa shape index (κ1) is 11.9. The van der Waals surface area contributed by atoms with Gasteiger partial charge in [0, 0.05) is 11.8 Å². The number of benzene rings is 1. The Morgan fingerprint density at radius 3 is 2.53 bits per heavy atom. The molecule has 0 atom stereocenters. The van der Waals surface area contributed by atoms with Crippen LogP contribution in [0.2, 0.25) is 5.15 Å². The highest BCUT2D eigenvalue weighted by molar-refractivity contribution is 6.29. The molecule has 94 valence electrons. The molecule has 3 rings (SSSR count). The molecule has 0 aliphatic rings. The lowest BCUT2D eigenvalue weighted by Gasteiger charge is -2.07. The molecule has 0 saturated heterocycles. The summed E-state index contributed by atoms with van der Waals surface area (Å²) in [6, 6.07) is 11.6. The lowest BCUT2D eigenvalue weighted by Crippen LogP contribution is -1.98. The van der Waals surface area contributed by atoms with Crippen LogP contribution in [-0.2, 0) is 0 Å². The molecule has 0 unspecified atom stereocenters. The lowest BCUT2D eigenvalue weighted by molar-refractivity contribution is 0.627. The molecule has 0 amide bonds. The first-order valence-corrected chi connectivity index (χ1v) is 6.04. The summed E-state index contributed by atoms with van der Waals surface area (Å²) in [6.45, 7) is 0. The van der Waals surface area contributed by atoms with E-state index in [9.17, 15) is 4.39 Å². The second-order valence-electron chi connectivity index (χ2n) is 3.97.